The fourth-order valence-corrected chi connectivity index (χ4v) is 4.31. The second-order valence-corrected chi connectivity index (χ2v) is 7.98. The van der Waals surface area contributed by atoms with E-state index in [1.165, 1.54) is 17.8 Å². The van der Waals surface area contributed by atoms with Crippen molar-refractivity contribution < 1.29 is 18.7 Å². The maximum Gasteiger partial charge on any atom is 0.268 e. The molecule has 168 valence electrons. The van der Waals surface area contributed by atoms with Gasteiger partial charge in [-0.2, -0.15) is 0 Å². The molecule has 2 heterocycles. The van der Waals surface area contributed by atoms with Crippen LogP contribution in [0.15, 0.2) is 48.5 Å². The number of benzene rings is 2. The molecule has 0 radical (unpaired) electrons. The van der Waals surface area contributed by atoms with Gasteiger partial charge in [0.15, 0.2) is 11.5 Å². The maximum absolute atomic E-state index is 13.2. The van der Waals surface area contributed by atoms with Crippen LogP contribution in [0.5, 0.6) is 11.5 Å². The molecule has 0 fully saturated rings. The van der Waals surface area contributed by atoms with Gasteiger partial charge in [0.25, 0.3) is 5.91 Å². The normalized spacial score (nSPS) is 13.5. The van der Waals surface area contributed by atoms with Gasteiger partial charge in [0.05, 0.1) is 14.2 Å². The summed E-state index contributed by atoms with van der Waals surface area (Å²) in [6.07, 6.45) is 0.865. The Bertz CT molecular complexity index is 1110. The standard InChI is InChI=1S/C25H28FN3O3/c1-28-21-11-12-29(15-17-7-9-20(26)10-8-17)16-19(21)13-22(28)25(30)27-14-18-5-4-6-23(31-2)24(18)32-3/h4-10,13H,11-12,14-16H2,1-3H3,(H,27,30). The molecule has 1 aliphatic rings. The van der Waals surface area contributed by atoms with Crippen molar-refractivity contribution in [2.45, 2.75) is 26.1 Å². The summed E-state index contributed by atoms with van der Waals surface area (Å²) in [5, 5.41) is 3.00. The van der Waals surface area contributed by atoms with E-state index in [9.17, 15) is 9.18 Å². The second-order valence-electron chi connectivity index (χ2n) is 7.98. The third kappa shape index (κ3) is 4.48. The van der Waals surface area contributed by atoms with Crippen LogP contribution < -0.4 is 14.8 Å². The van der Waals surface area contributed by atoms with Crippen molar-refractivity contribution in [3.8, 4) is 11.5 Å². The predicted octanol–water partition coefficient (Wildman–Crippen LogP) is 3.67. The largest absolute Gasteiger partial charge is 0.493 e. The monoisotopic (exact) mass is 437 g/mol. The highest BCUT2D eigenvalue weighted by molar-refractivity contribution is 5.93. The van der Waals surface area contributed by atoms with Crippen molar-refractivity contribution in [3.05, 3.63) is 82.4 Å². The first-order valence-electron chi connectivity index (χ1n) is 10.6. The van der Waals surface area contributed by atoms with E-state index in [2.05, 4.69) is 10.2 Å². The van der Waals surface area contributed by atoms with E-state index >= 15 is 0 Å². The molecular weight excluding hydrogens is 409 g/mol. The lowest BCUT2D eigenvalue weighted by Crippen LogP contribution is -2.30. The summed E-state index contributed by atoms with van der Waals surface area (Å²) in [4.78, 5) is 15.3. The van der Waals surface area contributed by atoms with Gasteiger partial charge in [0.1, 0.15) is 11.5 Å². The van der Waals surface area contributed by atoms with Crippen LogP contribution in [0.2, 0.25) is 0 Å². The highest BCUT2D eigenvalue weighted by Crippen LogP contribution is 2.30. The predicted molar refractivity (Wildman–Crippen MR) is 120 cm³/mol. The average molecular weight is 438 g/mol. The Morgan fingerprint density at radius 2 is 1.91 bits per heavy atom. The summed E-state index contributed by atoms with van der Waals surface area (Å²) in [7, 11) is 5.12. The van der Waals surface area contributed by atoms with Gasteiger partial charge < -0.3 is 19.4 Å². The third-order valence-corrected chi connectivity index (χ3v) is 5.98. The first-order chi connectivity index (χ1) is 15.5. The number of methoxy groups -OCH3 is 2. The minimum atomic E-state index is -0.222. The van der Waals surface area contributed by atoms with Gasteiger partial charge in [-0.15, -0.1) is 0 Å². The minimum absolute atomic E-state index is 0.128. The number of rotatable bonds is 7. The fraction of sp³-hybridized carbons (Fsp3) is 0.320. The van der Waals surface area contributed by atoms with Crippen LogP contribution in [-0.4, -0.2) is 36.1 Å². The summed E-state index contributed by atoms with van der Waals surface area (Å²) in [6, 6.07) is 14.2. The molecule has 0 saturated heterocycles. The van der Waals surface area contributed by atoms with Gasteiger partial charge >= 0.3 is 0 Å². The molecule has 1 aliphatic heterocycles. The lowest BCUT2D eigenvalue weighted by Gasteiger charge is -2.27. The molecule has 32 heavy (non-hydrogen) atoms. The minimum Gasteiger partial charge on any atom is -0.493 e. The SMILES string of the molecule is COc1cccc(CNC(=O)c2cc3c(n2C)CCN(Cc2ccc(F)cc2)C3)c1OC. The van der Waals surface area contributed by atoms with Crippen molar-refractivity contribution in [2.24, 2.45) is 7.05 Å². The first-order valence-corrected chi connectivity index (χ1v) is 10.6. The van der Waals surface area contributed by atoms with E-state index in [-0.39, 0.29) is 11.7 Å². The maximum atomic E-state index is 13.2. The lowest BCUT2D eigenvalue weighted by molar-refractivity contribution is 0.0942. The zero-order valence-electron chi connectivity index (χ0n) is 18.7. The van der Waals surface area contributed by atoms with E-state index in [1.807, 2.05) is 48.0 Å². The van der Waals surface area contributed by atoms with E-state index < -0.39 is 0 Å². The summed E-state index contributed by atoms with van der Waals surface area (Å²) in [5.74, 6) is 0.907. The number of para-hydroxylation sites is 1. The van der Waals surface area contributed by atoms with Crippen LogP contribution >= 0.6 is 0 Å². The number of hydrogen-bond acceptors (Lipinski definition) is 4. The summed E-state index contributed by atoms with van der Waals surface area (Å²) in [6.45, 7) is 2.75. The van der Waals surface area contributed by atoms with Crippen molar-refractivity contribution in [1.29, 1.82) is 0 Å². The number of nitrogens with one attached hydrogen (secondary N) is 1. The highest BCUT2D eigenvalue weighted by Gasteiger charge is 2.24. The number of ether oxygens (including phenoxy) is 2. The Balaban J connectivity index is 1.44. The molecule has 1 N–H and O–H groups in total. The lowest BCUT2D eigenvalue weighted by atomic mass is 10.1. The van der Waals surface area contributed by atoms with Gasteiger partial charge in [0, 0.05) is 50.9 Å². The molecule has 6 nitrogen and oxygen atoms in total. The number of fused-ring (bicyclic) bond motifs is 1. The fourth-order valence-electron chi connectivity index (χ4n) is 4.31. The van der Waals surface area contributed by atoms with Gasteiger partial charge in [-0.3, -0.25) is 9.69 Å². The van der Waals surface area contributed by atoms with E-state index in [0.29, 0.717) is 23.7 Å². The molecule has 2 aromatic carbocycles. The number of aromatic nitrogens is 1. The van der Waals surface area contributed by atoms with Gasteiger partial charge in [-0.25, -0.2) is 4.39 Å². The quantitative estimate of drug-likeness (QED) is 0.613. The smallest absolute Gasteiger partial charge is 0.268 e. The molecule has 1 amide bonds. The molecule has 3 aromatic rings. The number of hydrogen-bond donors (Lipinski definition) is 1. The Labute approximate surface area is 187 Å². The van der Waals surface area contributed by atoms with Crippen LogP contribution in [0.3, 0.4) is 0 Å². The summed E-state index contributed by atoms with van der Waals surface area (Å²) < 4.78 is 25.9. The Hall–Kier alpha value is -3.32. The van der Waals surface area contributed by atoms with Gasteiger partial charge in [-0.05, 0) is 35.4 Å². The van der Waals surface area contributed by atoms with Crippen LogP contribution in [-0.2, 0) is 33.1 Å². The van der Waals surface area contributed by atoms with Crippen molar-refractivity contribution in [1.82, 2.24) is 14.8 Å². The van der Waals surface area contributed by atoms with Crippen LogP contribution in [0, 0.1) is 5.82 Å². The molecule has 0 saturated carbocycles. The zero-order valence-corrected chi connectivity index (χ0v) is 18.7. The van der Waals surface area contributed by atoms with Crippen molar-refractivity contribution >= 4 is 5.91 Å². The van der Waals surface area contributed by atoms with E-state index in [1.54, 1.807) is 14.2 Å². The molecule has 0 unspecified atom stereocenters. The second kappa shape index (κ2) is 9.44. The molecule has 1 aromatic heterocycles. The van der Waals surface area contributed by atoms with Gasteiger partial charge in [-0.1, -0.05) is 24.3 Å². The first kappa shape index (κ1) is 21.9. The molecule has 7 heteroatoms. The molecule has 0 bridgehead atoms. The van der Waals surface area contributed by atoms with Crippen molar-refractivity contribution in [3.63, 3.8) is 0 Å². The Morgan fingerprint density at radius 3 is 2.62 bits per heavy atom. The molecule has 0 atom stereocenters. The molecule has 0 aliphatic carbocycles. The topological polar surface area (TPSA) is 55.7 Å². The van der Waals surface area contributed by atoms with Crippen LogP contribution in [0.1, 0.15) is 32.9 Å². The van der Waals surface area contributed by atoms with Crippen LogP contribution in [0.25, 0.3) is 0 Å². The molecular formula is C25H28FN3O3. The van der Waals surface area contributed by atoms with E-state index in [0.717, 1.165) is 42.7 Å². The Morgan fingerprint density at radius 1 is 1.12 bits per heavy atom. The van der Waals surface area contributed by atoms with Crippen molar-refractivity contribution in [2.75, 3.05) is 20.8 Å². The summed E-state index contributed by atoms with van der Waals surface area (Å²) >= 11 is 0. The highest BCUT2D eigenvalue weighted by atomic mass is 19.1. The number of halogens is 1. The summed E-state index contributed by atoms with van der Waals surface area (Å²) in [5.41, 5.74) is 4.91. The molecule has 4 rings (SSSR count). The average Bonchev–Trinajstić information content (AvgIpc) is 3.14. The number of carbonyl (C=O) groups is 1. The zero-order chi connectivity index (χ0) is 22.7. The number of carbonyl (C=O) groups excluding carboxylic acids is 1. The van der Waals surface area contributed by atoms with E-state index in [4.69, 9.17) is 9.47 Å². The van der Waals surface area contributed by atoms with Crippen LogP contribution in [0.4, 0.5) is 4.39 Å². The number of amides is 1. The Kier molecular flexibility index (Phi) is 6.46. The molecule has 0 spiro atoms. The third-order valence-electron chi connectivity index (χ3n) is 5.98. The number of nitrogens with zero attached hydrogens (tertiary/aromatic N) is 2. The van der Waals surface area contributed by atoms with Gasteiger partial charge in [0.2, 0.25) is 0 Å².